The summed E-state index contributed by atoms with van der Waals surface area (Å²) in [6.45, 7) is 9.07. The fourth-order valence-corrected chi connectivity index (χ4v) is 2.93. The first-order valence-electron chi connectivity index (χ1n) is 5.87. The minimum Gasteiger partial charge on any atom is -0.374 e. The maximum absolute atomic E-state index is 5.73. The molecule has 1 aromatic heterocycles. The summed E-state index contributed by atoms with van der Waals surface area (Å²) in [7, 11) is 0. The van der Waals surface area contributed by atoms with E-state index < -0.39 is 0 Å². The van der Waals surface area contributed by atoms with E-state index in [4.69, 9.17) is 4.74 Å². The fraction of sp³-hybridized carbons (Fsp3) is 0.750. The Hall–Kier alpha value is -0.450. The Morgan fingerprint density at radius 2 is 2.31 bits per heavy atom. The van der Waals surface area contributed by atoms with Crippen molar-refractivity contribution in [3.63, 3.8) is 0 Å². The number of aromatic nitrogens is 1. The van der Waals surface area contributed by atoms with Crippen molar-refractivity contribution >= 4 is 11.3 Å². The van der Waals surface area contributed by atoms with Gasteiger partial charge in [0.05, 0.1) is 11.3 Å². The van der Waals surface area contributed by atoms with Crippen LogP contribution >= 0.6 is 11.3 Å². The van der Waals surface area contributed by atoms with Crippen LogP contribution in [0, 0.1) is 13.8 Å². The quantitative estimate of drug-likeness (QED) is 0.877. The van der Waals surface area contributed by atoms with Crippen molar-refractivity contribution in [1.29, 1.82) is 0 Å². The van der Waals surface area contributed by atoms with Gasteiger partial charge in [-0.25, -0.2) is 4.98 Å². The molecule has 0 aliphatic carbocycles. The van der Waals surface area contributed by atoms with Gasteiger partial charge in [0.15, 0.2) is 0 Å². The van der Waals surface area contributed by atoms with E-state index in [-0.39, 0.29) is 5.60 Å². The number of thiazole rings is 1. The fourth-order valence-electron chi connectivity index (χ4n) is 2.02. The van der Waals surface area contributed by atoms with Crippen LogP contribution in [-0.4, -0.2) is 23.7 Å². The van der Waals surface area contributed by atoms with Crippen molar-refractivity contribution in [3.8, 4) is 0 Å². The molecule has 0 saturated carbocycles. The molecule has 1 atom stereocenters. The molecule has 1 aliphatic rings. The Balaban J connectivity index is 1.79. The molecule has 0 radical (unpaired) electrons. The van der Waals surface area contributed by atoms with Crippen molar-refractivity contribution in [3.05, 3.63) is 15.6 Å². The average molecular weight is 240 g/mol. The molecular formula is C12H20N2OS. The molecule has 1 N–H and O–H groups in total. The lowest BCUT2D eigenvalue weighted by Crippen LogP contribution is -2.36. The van der Waals surface area contributed by atoms with Gasteiger partial charge in [0.1, 0.15) is 5.01 Å². The van der Waals surface area contributed by atoms with Crippen LogP contribution in [0.1, 0.15) is 35.3 Å². The third-order valence-electron chi connectivity index (χ3n) is 3.15. The van der Waals surface area contributed by atoms with Gasteiger partial charge in [-0.3, -0.25) is 0 Å². The van der Waals surface area contributed by atoms with Crippen molar-refractivity contribution in [2.45, 2.75) is 45.8 Å². The Morgan fingerprint density at radius 1 is 1.50 bits per heavy atom. The predicted octanol–water partition coefficient (Wildman–Crippen LogP) is 2.42. The maximum Gasteiger partial charge on any atom is 0.107 e. The highest BCUT2D eigenvalue weighted by atomic mass is 32.1. The summed E-state index contributed by atoms with van der Waals surface area (Å²) in [6, 6.07) is 0. The summed E-state index contributed by atoms with van der Waals surface area (Å²) >= 11 is 1.78. The summed E-state index contributed by atoms with van der Waals surface area (Å²) in [4.78, 5) is 5.83. The van der Waals surface area contributed by atoms with Gasteiger partial charge in [-0.15, -0.1) is 11.3 Å². The van der Waals surface area contributed by atoms with Crippen molar-refractivity contribution in [1.82, 2.24) is 10.3 Å². The van der Waals surface area contributed by atoms with Gasteiger partial charge in [-0.2, -0.15) is 0 Å². The van der Waals surface area contributed by atoms with Crippen molar-refractivity contribution < 1.29 is 4.74 Å². The summed E-state index contributed by atoms with van der Waals surface area (Å²) in [5.74, 6) is 0. The van der Waals surface area contributed by atoms with Crippen LogP contribution in [0.2, 0.25) is 0 Å². The second kappa shape index (κ2) is 4.82. The van der Waals surface area contributed by atoms with Crippen LogP contribution in [0.15, 0.2) is 0 Å². The minimum absolute atomic E-state index is 0.0430. The molecular weight excluding hydrogens is 220 g/mol. The van der Waals surface area contributed by atoms with E-state index in [0.717, 1.165) is 31.8 Å². The number of rotatable bonds is 4. The van der Waals surface area contributed by atoms with Gasteiger partial charge in [0.25, 0.3) is 0 Å². The highest BCUT2D eigenvalue weighted by molar-refractivity contribution is 7.11. The van der Waals surface area contributed by atoms with E-state index in [1.165, 1.54) is 16.3 Å². The first kappa shape index (κ1) is 12.0. The van der Waals surface area contributed by atoms with E-state index in [9.17, 15) is 0 Å². The van der Waals surface area contributed by atoms with Crippen LogP contribution in [0.3, 0.4) is 0 Å². The topological polar surface area (TPSA) is 34.2 Å². The lowest BCUT2D eigenvalue weighted by molar-refractivity contribution is 0.0207. The van der Waals surface area contributed by atoms with E-state index in [1.54, 1.807) is 11.3 Å². The van der Waals surface area contributed by atoms with E-state index in [1.807, 2.05) is 0 Å². The van der Waals surface area contributed by atoms with Crippen LogP contribution in [-0.2, 0) is 11.3 Å². The number of nitrogens with one attached hydrogen (secondary N) is 1. The second-order valence-electron chi connectivity index (χ2n) is 4.75. The predicted molar refractivity (Wildman–Crippen MR) is 66.9 cm³/mol. The Kier molecular flexibility index (Phi) is 3.62. The molecule has 1 fully saturated rings. The average Bonchev–Trinajstić information content (AvgIpc) is 2.76. The molecule has 1 aromatic rings. The van der Waals surface area contributed by atoms with Gasteiger partial charge < -0.3 is 10.1 Å². The zero-order valence-electron chi connectivity index (χ0n) is 10.3. The van der Waals surface area contributed by atoms with Crippen LogP contribution < -0.4 is 5.32 Å². The minimum atomic E-state index is 0.0430. The zero-order valence-corrected chi connectivity index (χ0v) is 11.1. The molecule has 16 heavy (non-hydrogen) atoms. The number of nitrogens with zero attached hydrogens (tertiary/aromatic N) is 1. The molecule has 1 saturated heterocycles. The number of hydrogen-bond acceptors (Lipinski definition) is 4. The molecule has 0 bridgehead atoms. The van der Waals surface area contributed by atoms with Gasteiger partial charge in [-0.1, -0.05) is 0 Å². The van der Waals surface area contributed by atoms with Gasteiger partial charge in [-0.05, 0) is 33.6 Å². The monoisotopic (exact) mass is 240 g/mol. The Bertz CT molecular complexity index is 336. The van der Waals surface area contributed by atoms with Crippen LogP contribution in [0.25, 0.3) is 0 Å². The first-order chi connectivity index (χ1) is 7.59. The van der Waals surface area contributed by atoms with Crippen LogP contribution in [0.5, 0.6) is 0 Å². The number of ether oxygens (including phenoxy) is 1. The second-order valence-corrected chi connectivity index (χ2v) is 6.04. The molecule has 1 aliphatic heterocycles. The number of hydrogen-bond donors (Lipinski definition) is 1. The third kappa shape index (κ3) is 2.81. The first-order valence-corrected chi connectivity index (χ1v) is 6.68. The molecule has 90 valence electrons. The van der Waals surface area contributed by atoms with Crippen molar-refractivity contribution in [2.75, 3.05) is 13.2 Å². The Morgan fingerprint density at radius 3 is 2.88 bits per heavy atom. The summed E-state index contributed by atoms with van der Waals surface area (Å²) in [5.41, 5.74) is 1.20. The molecule has 3 nitrogen and oxygen atoms in total. The van der Waals surface area contributed by atoms with E-state index in [2.05, 4.69) is 31.1 Å². The lowest BCUT2D eigenvalue weighted by Gasteiger charge is -2.23. The molecule has 2 rings (SSSR count). The smallest absolute Gasteiger partial charge is 0.107 e. The molecule has 0 amide bonds. The third-order valence-corrected chi connectivity index (χ3v) is 4.22. The maximum atomic E-state index is 5.73. The van der Waals surface area contributed by atoms with Crippen LogP contribution in [0.4, 0.5) is 0 Å². The highest BCUT2D eigenvalue weighted by Crippen LogP contribution is 2.24. The molecule has 0 aromatic carbocycles. The summed E-state index contributed by atoms with van der Waals surface area (Å²) < 4.78 is 5.73. The van der Waals surface area contributed by atoms with E-state index in [0.29, 0.717) is 0 Å². The van der Waals surface area contributed by atoms with Crippen molar-refractivity contribution in [2.24, 2.45) is 0 Å². The lowest BCUT2D eigenvalue weighted by atomic mass is 10.0. The van der Waals surface area contributed by atoms with Gasteiger partial charge in [0, 0.05) is 24.6 Å². The largest absolute Gasteiger partial charge is 0.374 e. The van der Waals surface area contributed by atoms with E-state index >= 15 is 0 Å². The molecule has 4 heteroatoms. The standard InChI is InChI=1S/C12H20N2OS/c1-9-10(2)16-11(14-9)7-13-8-12(3)5-4-6-15-12/h13H,4-8H2,1-3H3. The highest BCUT2D eigenvalue weighted by Gasteiger charge is 2.29. The number of aryl methyl sites for hydroxylation is 2. The SMILES string of the molecule is Cc1nc(CNCC2(C)CCCO2)sc1C. The normalized spacial score (nSPS) is 25.2. The van der Waals surface area contributed by atoms with Gasteiger partial charge >= 0.3 is 0 Å². The summed E-state index contributed by atoms with van der Waals surface area (Å²) in [5, 5.41) is 4.62. The summed E-state index contributed by atoms with van der Waals surface area (Å²) in [6.07, 6.45) is 2.35. The van der Waals surface area contributed by atoms with Gasteiger partial charge in [0.2, 0.25) is 0 Å². The molecule has 1 unspecified atom stereocenters. The Labute approximate surface area is 101 Å². The molecule has 2 heterocycles. The zero-order chi connectivity index (χ0) is 11.6. The molecule has 0 spiro atoms.